The summed E-state index contributed by atoms with van der Waals surface area (Å²) in [5.74, 6) is 0.979. The van der Waals surface area contributed by atoms with Gasteiger partial charge in [0.1, 0.15) is 5.82 Å². The van der Waals surface area contributed by atoms with Gasteiger partial charge in [0.05, 0.1) is 0 Å². The van der Waals surface area contributed by atoms with Gasteiger partial charge in [0, 0.05) is 25.0 Å². The zero-order valence-corrected chi connectivity index (χ0v) is 7.62. The van der Waals surface area contributed by atoms with Gasteiger partial charge in [0.25, 0.3) is 0 Å². The van der Waals surface area contributed by atoms with Crippen molar-refractivity contribution in [3.63, 3.8) is 0 Å². The van der Waals surface area contributed by atoms with Crippen LogP contribution in [0.25, 0.3) is 6.08 Å². The average Bonchev–Trinajstić information content (AvgIpc) is 2.43. The van der Waals surface area contributed by atoms with Gasteiger partial charge in [-0.1, -0.05) is 19.6 Å². The van der Waals surface area contributed by atoms with E-state index in [0.29, 0.717) is 0 Å². The second-order valence-corrected chi connectivity index (χ2v) is 2.63. The highest BCUT2D eigenvalue weighted by atomic mass is 15.0. The maximum absolute atomic E-state index is 4.32. The maximum atomic E-state index is 4.32. The fraction of sp³-hybridized carbons (Fsp3) is 0.300. The zero-order valence-electron chi connectivity index (χ0n) is 7.62. The van der Waals surface area contributed by atoms with Crippen molar-refractivity contribution < 1.29 is 0 Å². The van der Waals surface area contributed by atoms with Crippen molar-refractivity contribution in [1.29, 1.82) is 0 Å². The van der Waals surface area contributed by atoms with Crippen LogP contribution >= 0.6 is 0 Å². The number of aliphatic imine (C=N–C) groups is 1. The number of nitrogens with zero attached hydrogens (tertiary/aromatic N) is 2. The predicted molar refractivity (Wildman–Crippen MR) is 53.9 cm³/mol. The minimum atomic E-state index is 0.960. The Morgan fingerprint density at radius 1 is 1.67 bits per heavy atom. The van der Waals surface area contributed by atoms with E-state index in [1.165, 1.54) is 0 Å². The van der Waals surface area contributed by atoms with Crippen LogP contribution in [0.15, 0.2) is 23.8 Å². The highest BCUT2D eigenvalue weighted by molar-refractivity contribution is 5.68. The Morgan fingerprint density at radius 3 is 3.00 bits per heavy atom. The molecule has 0 saturated carbocycles. The molecule has 0 atom stereocenters. The topological polar surface area (TPSA) is 17.3 Å². The predicted octanol–water partition coefficient (Wildman–Crippen LogP) is 2.78. The van der Waals surface area contributed by atoms with Crippen LogP contribution in [0.4, 0.5) is 5.82 Å². The molecular weight excluding hydrogens is 148 g/mol. The molecule has 0 bridgehead atoms. The molecule has 0 radical (unpaired) electrons. The highest BCUT2D eigenvalue weighted by Gasteiger charge is 1.99. The van der Waals surface area contributed by atoms with Crippen LogP contribution in [0, 0.1) is 0 Å². The fourth-order valence-corrected chi connectivity index (χ4v) is 1.04. The van der Waals surface area contributed by atoms with Gasteiger partial charge in [-0.05, 0) is 12.5 Å². The molecule has 1 heterocycles. The molecule has 64 valence electrons. The van der Waals surface area contributed by atoms with Gasteiger partial charge in [-0.25, -0.2) is 4.99 Å². The summed E-state index contributed by atoms with van der Waals surface area (Å²) in [4.78, 5) is 4.32. The average molecular weight is 162 g/mol. The molecule has 0 saturated heterocycles. The Balaban J connectivity index is 3.01. The molecule has 1 aromatic heterocycles. The van der Waals surface area contributed by atoms with E-state index >= 15 is 0 Å². The fourth-order valence-electron chi connectivity index (χ4n) is 1.04. The summed E-state index contributed by atoms with van der Waals surface area (Å²) < 4.78 is 1.99. The summed E-state index contributed by atoms with van der Waals surface area (Å²) >= 11 is 0. The van der Waals surface area contributed by atoms with Crippen LogP contribution in [0.1, 0.15) is 18.9 Å². The third-order valence-corrected chi connectivity index (χ3v) is 1.69. The largest absolute Gasteiger partial charge is 0.336 e. The minimum Gasteiger partial charge on any atom is -0.336 e. The van der Waals surface area contributed by atoms with Crippen molar-refractivity contribution >= 4 is 18.1 Å². The first-order valence-corrected chi connectivity index (χ1v) is 4.10. The summed E-state index contributed by atoms with van der Waals surface area (Å²) in [6.07, 6.45) is 6.67. The Hall–Kier alpha value is -1.31. The van der Waals surface area contributed by atoms with E-state index < -0.39 is 0 Å². The van der Waals surface area contributed by atoms with Crippen molar-refractivity contribution in [3.8, 4) is 0 Å². The molecule has 2 nitrogen and oxygen atoms in total. The SMILES string of the molecule is C=Cc1ccn(C)c1N=CCC. The molecule has 0 aliphatic rings. The van der Waals surface area contributed by atoms with Gasteiger partial charge in [-0.3, -0.25) is 0 Å². The molecule has 0 aromatic carbocycles. The van der Waals surface area contributed by atoms with Crippen molar-refractivity contribution in [2.45, 2.75) is 13.3 Å². The van der Waals surface area contributed by atoms with Gasteiger partial charge in [-0.15, -0.1) is 0 Å². The Labute approximate surface area is 73.2 Å². The monoisotopic (exact) mass is 162 g/mol. The minimum absolute atomic E-state index is 0.960. The van der Waals surface area contributed by atoms with E-state index in [-0.39, 0.29) is 0 Å². The van der Waals surface area contributed by atoms with Crippen molar-refractivity contribution in [2.75, 3.05) is 0 Å². The molecule has 0 N–H and O–H groups in total. The lowest BCUT2D eigenvalue weighted by Gasteiger charge is -1.96. The normalized spacial score (nSPS) is 10.8. The quantitative estimate of drug-likeness (QED) is 0.608. The third-order valence-electron chi connectivity index (χ3n) is 1.69. The van der Waals surface area contributed by atoms with Crippen LogP contribution < -0.4 is 0 Å². The van der Waals surface area contributed by atoms with Crippen LogP contribution in [0.3, 0.4) is 0 Å². The first kappa shape index (κ1) is 8.78. The summed E-state index contributed by atoms with van der Waals surface area (Å²) in [6, 6.07) is 2.01. The molecule has 0 amide bonds. The number of aromatic nitrogens is 1. The van der Waals surface area contributed by atoms with E-state index in [9.17, 15) is 0 Å². The molecule has 0 unspecified atom stereocenters. The Morgan fingerprint density at radius 2 is 2.42 bits per heavy atom. The number of aryl methyl sites for hydroxylation is 1. The summed E-state index contributed by atoms with van der Waals surface area (Å²) in [5.41, 5.74) is 1.09. The summed E-state index contributed by atoms with van der Waals surface area (Å²) in [6.45, 7) is 5.80. The lowest BCUT2D eigenvalue weighted by molar-refractivity contribution is 0.925. The zero-order chi connectivity index (χ0) is 8.97. The molecule has 0 aliphatic carbocycles. The molecule has 2 heteroatoms. The van der Waals surface area contributed by atoms with Gasteiger partial charge >= 0.3 is 0 Å². The van der Waals surface area contributed by atoms with E-state index in [1.54, 1.807) is 0 Å². The third kappa shape index (κ3) is 1.64. The van der Waals surface area contributed by atoms with E-state index in [1.807, 2.05) is 36.2 Å². The molecular formula is C10H14N2. The number of hydrogen-bond acceptors (Lipinski definition) is 1. The second-order valence-electron chi connectivity index (χ2n) is 2.63. The molecule has 0 aliphatic heterocycles. The maximum Gasteiger partial charge on any atom is 0.139 e. The van der Waals surface area contributed by atoms with E-state index in [2.05, 4.69) is 18.5 Å². The van der Waals surface area contributed by atoms with Crippen LogP contribution in [0.5, 0.6) is 0 Å². The molecule has 0 fully saturated rings. The molecule has 1 rings (SSSR count). The first-order valence-electron chi connectivity index (χ1n) is 4.10. The summed E-state index contributed by atoms with van der Waals surface area (Å²) in [7, 11) is 1.98. The smallest absolute Gasteiger partial charge is 0.139 e. The van der Waals surface area contributed by atoms with Crippen molar-refractivity contribution in [1.82, 2.24) is 4.57 Å². The Bertz CT molecular complexity index is 295. The van der Waals surface area contributed by atoms with Gasteiger partial charge in [0.15, 0.2) is 0 Å². The van der Waals surface area contributed by atoms with Crippen LogP contribution in [-0.4, -0.2) is 10.8 Å². The summed E-state index contributed by atoms with van der Waals surface area (Å²) in [5, 5.41) is 0. The van der Waals surface area contributed by atoms with E-state index in [0.717, 1.165) is 17.8 Å². The second kappa shape index (κ2) is 3.90. The van der Waals surface area contributed by atoms with Crippen molar-refractivity contribution in [3.05, 3.63) is 24.4 Å². The lowest BCUT2D eigenvalue weighted by atomic mass is 10.3. The van der Waals surface area contributed by atoms with Crippen molar-refractivity contribution in [2.24, 2.45) is 12.0 Å². The molecule has 0 spiro atoms. The Kier molecular flexibility index (Phi) is 2.86. The standard InChI is InChI=1S/C10H14N2/c1-4-7-11-10-9(5-2)6-8-12(10)3/h5-8H,2,4H2,1,3H3. The lowest BCUT2D eigenvalue weighted by Crippen LogP contribution is -1.83. The molecule has 1 aromatic rings. The molecule has 12 heavy (non-hydrogen) atoms. The first-order chi connectivity index (χ1) is 5.79. The van der Waals surface area contributed by atoms with E-state index in [4.69, 9.17) is 0 Å². The number of rotatable bonds is 3. The van der Waals surface area contributed by atoms with Gasteiger partial charge < -0.3 is 4.57 Å². The highest BCUT2D eigenvalue weighted by Crippen LogP contribution is 2.19. The number of hydrogen-bond donors (Lipinski definition) is 0. The van der Waals surface area contributed by atoms with Crippen LogP contribution in [0.2, 0.25) is 0 Å². The van der Waals surface area contributed by atoms with Gasteiger partial charge in [-0.2, -0.15) is 0 Å². The van der Waals surface area contributed by atoms with Gasteiger partial charge in [0.2, 0.25) is 0 Å². The van der Waals surface area contributed by atoms with Crippen LogP contribution in [-0.2, 0) is 7.05 Å².